The number of carbonyl (C=O) groups excluding carboxylic acids is 1. The number of halogens is 1. The summed E-state index contributed by atoms with van der Waals surface area (Å²) in [5, 5.41) is 7.61. The average molecular weight is 263 g/mol. The lowest BCUT2D eigenvalue weighted by Crippen LogP contribution is -2.21. The number of rotatable bonds is 4. The molecule has 1 unspecified atom stereocenters. The summed E-state index contributed by atoms with van der Waals surface area (Å²) < 4.78 is 20.5. The van der Waals surface area contributed by atoms with Crippen LogP contribution in [0.5, 0.6) is 0 Å². The van der Waals surface area contributed by atoms with Crippen molar-refractivity contribution in [1.29, 1.82) is 0 Å². The first-order chi connectivity index (χ1) is 9.15. The van der Waals surface area contributed by atoms with Gasteiger partial charge in [0, 0.05) is 12.6 Å². The average Bonchev–Trinajstić information content (AvgIpc) is 2.79. The number of hydrogen-bond donors (Lipinski definition) is 0. The van der Waals surface area contributed by atoms with Crippen molar-refractivity contribution in [2.45, 2.75) is 12.8 Å². The van der Waals surface area contributed by atoms with Crippen molar-refractivity contribution in [3.8, 4) is 0 Å². The zero-order chi connectivity index (χ0) is 13.8. The molecular weight excluding hydrogens is 249 g/mol. The molecule has 0 aliphatic carbocycles. The Bertz CT molecular complexity index is 583. The van der Waals surface area contributed by atoms with Gasteiger partial charge < -0.3 is 9.30 Å². The van der Waals surface area contributed by atoms with Crippen molar-refractivity contribution in [2.75, 3.05) is 6.61 Å². The summed E-state index contributed by atoms with van der Waals surface area (Å²) in [4.78, 5) is 12.1. The fourth-order valence-electron chi connectivity index (χ4n) is 1.86. The Labute approximate surface area is 110 Å². The quantitative estimate of drug-likeness (QED) is 0.787. The van der Waals surface area contributed by atoms with Gasteiger partial charge in [0.2, 0.25) is 0 Å². The maximum atomic E-state index is 13.9. The molecule has 0 fully saturated rings. The summed E-state index contributed by atoms with van der Waals surface area (Å²) in [6.07, 6.45) is 1.46. The first-order valence-electron chi connectivity index (χ1n) is 5.90. The maximum Gasteiger partial charge on any atom is 0.321 e. The lowest BCUT2D eigenvalue weighted by Gasteiger charge is -2.15. The third-order valence-electron chi connectivity index (χ3n) is 2.74. The number of carbonyl (C=O) groups is 1. The van der Waals surface area contributed by atoms with E-state index in [2.05, 4.69) is 10.2 Å². The Morgan fingerprint density at radius 1 is 1.47 bits per heavy atom. The van der Waals surface area contributed by atoms with Crippen molar-refractivity contribution in [2.24, 2.45) is 7.05 Å². The fraction of sp³-hybridized carbons (Fsp3) is 0.308. The molecule has 0 saturated heterocycles. The van der Waals surface area contributed by atoms with Crippen LogP contribution in [0.3, 0.4) is 0 Å². The van der Waals surface area contributed by atoms with Crippen LogP contribution in [0.15, 0.2) is 30.6 Å². The van der Waals surface area contributed by atoms with Crippen molar-refractivity contribution in [1.82, 2.24) is 14.8 Å². The molecule has 0 N–H and O–H groups in total. The summed E-state index contributed by atoms with van der Waals surface area (Å²) in [5.74, 6) is -1.57. The highest BCUT2D eigenvalue weighted by molar-refractivity contribution is 5.81. The molecule has 2 aromatic rings. The van der Waals surface area contributed by atoms with E-state index in [0.29, 0.717) is 5.82 Å². The van der Waals surface area contributed by atoms with E-state index in [-0.39, 0.29) is 12.2 Å². The molecule has 1 atom stereocenters. The summed E-state index contributed by atoms with van der Waals surface area (Å²) in [6, 6.07) is 6.09. The third-order valence-corrected chi connectivity index (χ3v) is 2.74. The molecular formula is C13H14FN3O2. The molecule has 0 aliphatic rings. The van der Waals surface area contributed by atoms with E-state index in [0.717, 1.165) is 0 Å². The number of nitrogens with zero attached hydrogens (tertiary/aromatic N) is 3. The first kappa shape index (κ1) is 13.2. The van der Waals surface area contributed by atoms with Gasteiger partial charge in [-0.25, -0.2) is 4.39 Å². The van der Waals surface area contributed by atoms with E-state index in [4.69, 9.17) is 4.74 Å². The normalized spacial score (nSPS) is 12.2. The molecule has 0 spiro atoms. The predicted octanol–water partition coefficient (Wildman–Crippen LogP) is 1.65. The highest BCUT2D eigenvalue weighted by Gasteiger charge is 2.30. The van der Waals surface area contributed by atoms with Crippen molar-refractivity contribution in [3.63, 3.8) is 0 Å². The van der Waals surface area contributed by atoms with Gasteiger partial charge in [-0.2, -0.15) is 0 Å². The molecule has 100 valence electrons. The first-order valence-corrected chi connectivity index (χ1v) is 5.90. The van der Waals surface area contributed by atoms with E-state index in [1.54, 1.807) is 36.7 Å². The maximum absolute atomic E-state index is 13.9. The minimum atomic E-state index is -0.909. The second kappa shape index (κ2) is 5.60. The minimum absolute atomic E-state index is 0.224. The Morgan fingerprint density at radius 2 is 2.21 bits per heavy atom. The van der Waals surface area contributed by atoms with Gasteiger partial charge in [0.1, 0.15) is 18.1 Å². The summed E-state index contributed by atoms with van der Waals surface area (Å²) >= 11 is 0. The highest BCUT2D eigenvalue weighted by Crippen LogP contribution is 2.26. The second-order valence-electron chi connectivity index (χ2n) is 4.01. The zero-order valence-corrected chi connectivity index (χ0v) is 10.7. The Kier molecular flexibility index (Phi) is 3.89. The molecule has 0 aliphatic heterocycles. The molecule has 1 aromatic heterocycles. The number of benzene rings is 1. The monoisotopic (exact) mass is 263 g/mol. The number of esters is 1. The zero-order valence-electron chi connectivity index (χ0n) is 10.7. The molecule has 19 heavy (non-hydrogen) atoms. The Hall–Kier alpha value is -2.24. The van der Waals surface area contributed by atoms with Crippen LogP contribution < -0.4 is 0 Å². The van der Waals surface area contributed by atoms with E-state index in [1.165, 1.54) is 12.4 Å². The summed E-state index contributed by atoms with van der Waals surface area (Å²) in [7, 11) is 1.70. The number of hydrogen-bond acceptors (Lipinski definition) is 4. The van der Waals surface area contributed by atoms with Gasteiger partial charge in [0.25, 0.3) is 0 Å². The topological polar surface area (TPSA) is 57.0 Å². The Balaban J connectivity index is 2.50. The molecule has 0 saturated carbocycles. The van der Waals surface area contributed by atoms with E-state index < -0.39 is 17.7 Å². The van der Waals surface area contributed by atoms with Gasteiger partial charge in [-0.15, -0.1) is 10.2 Å². The largest absolute Gasteiger partial charge is 0.465 e. The lowest BCUT2D eigenvalue weighted by atomic mass is 9.97. The van der Waals surface area contributed by atoms with Gasteiger partial charge in [-0.3, -0.25) is 4.79 Å². The second-order valence-corrected chi connectivity index (χ2v) is 4.01. The van der Waals surface area contributed by atoms with Gasteiger partial charge >= 0.3 is 5.97 Å². The number of aryl methyl sites for hydroxylation is 1. The summed E-state index contributed by atoms with van der Waals surface area (Å²) in [5.41, 5.74) is 0.233. The van der Waals surface area contributed by atoms with E-state index in [9.17, 15) is 9.18 Å². The fourth-order valence-corrected chi connectivity index (χ4v) is 1.86. The number of ether oxygens (including phenoxy) is 1. The standard InChI is InChI=1S/C13H14FN3O2/c1-3-19-13(18)11(12-16-15-8-17(12)2)9-6-4-5-7-10(9)14/h4-8,11H,3H2,1-2H3. The van der Waals surface area contributed by atoms with E-state index in [1.807, 2.05) is 0 Å². The van der Waals surface area contributed by atoms with Crippen LogP contribution in [0.25, 0.3) is 0 Å². The smallest absolute Gasteiger partial charge is 0.321 e. The van der Waals surface area contributed by atoms with Gasteiger partial charge in [-0.1, -0.05) is 18.2 Å². The highest BCUT2D eigenvalue weighted by atomic mass is 19.1. The molecule has 0 bridgehead atoms. The molecule has 2 rings (SSSR count). The van der Waals surface area contributed by atoms with Crippen LogP contribution in [-0.2, 0) is 16.6 Å². The molecule has 5 nitrogen and oxygen atoms in total. The lowest BCUT2D eigenvalue weighted by molar-refractivity contribution is -0.144. The van der Waals surface area contributed by atoms with Crippen LogP contribution in [0.1, 0.15) is 24.2 Å². The minimum Gasteiger partial charge on any atom is -0.465 e. The van der Waals surface area contributed by atoms with Gasteiger partial charge in [0.15, 0.2) is 5.82 Å². The third kappa shape index (κ3) is 2.62. The van der Waals surface area contributed by atoms with Crippen LogP contribution in [0.4, 0.5) is 4.39 Å². The molecule has 1 aromatic carbocycles. The van der Waals surface area contributed by atoms with E-state index >= 15 is 0 Å². The SMILES string of the molecule is CCOC(=O)C(c1ccccc1F)c1nncn1C. The predicted molar refractivity (Wildman–Crippen MR) is 65.9 cm³/mol. The summed E-state index contributed by atoms with van der Waals surface area (Å²) in [6.45, 7) is 1.93. The van der Waals surface area contributed by atoms with Gasteiger partial charge in [0.05, 0.1) is 6.61 Å². The van der Waals surface area contributed by atoms with Crippen molar-refractivity contribution >= 4 is 5.97 Å². The van der Waals surface area contributed by atoms with Crippen molar-refractivity contribution < 1.29 is 13.9 Å². The molecule has 1 heterocycles. The van der Waals surface area contributed by atoms with Gasteiger partial charge in [-0.05, 0) is 13.0 Å². The molecule has 0 radical (unpaired) electrons. The van der Waals surface area contributed by atoms with Crippen LogP contribution in [0, 0.1) is 5.82 Å². The number of aromatic nitrogens is 3. The van der Waals surface area contributed by atoms with Crippen LogP contribution in [-0.4, -0.2) is 27.3 Å². The Morgan fingerprint density at radius 3 is 2.79 bits per heavy atom. The molecule has 0 amide bonds. The van der Waals surface area contributed by atoms with Crippen LogP contribution >= 0.6 is 0 Å². The molecule has 6 heteroatoms. The van der Waals surface area contributed by atoms with Crippen LogP contribution in [0.2, 0.25) is 0 Å². The van der Waals surface area contributed by atoms with Crippen molar-refractivity contribution in [3.05, 3.63) is 47.8 Å².